The van der Waals surface area contributed by atoms with Crippen molar-refractivity contribution in [1.82, 2.24) is 5.32 Å². The number of carbonyl (C=O) groups is 2. The standard InChI is InChI=1S/C16H16ClNO4/c1-10(8-13(19)14-4-3-7-22-14)18-16(20)12-6-5-11(17)9-15(12)21-2/h3-7,9-10H,8H2,1-2H3,(H,18,20). The largest absolute Gasteiger partial charge is 0.496 e. The molecule has 1 aromatic heterocycles. The van der Waals surface area contributed by atoms with Crippen LogP contribution in [0.1, 0.15) is 34.3 Å². The quantitative estimate of drug-likeness (QED) is 0.829. The number of hydrogen-bond donors (Lipinski definition) is 1. The van der Waals surface area contributed by atoms with E-state index in [0.717, 1.165) is 0 Å². The van der Waals surface area contributed by atoms with Crippen LogP contribution in [0.5, 0.6) is 5.75 Å². The molecule has 1 heterocycles. The topological polar surface area (TPSA) is 68.5 Å². The Labute approximate surface area is 133 Å². The van der Waals surface area contributed by atoms with Crippen molar-refractivity contribution >= 4 is 23.3 Å². The first-order chi connectivity index (χ1) is 10.5. The summed E-state index contributed by atoms with van der Waals surface area (Å²) < 4.78 is 10.2. The maximum absolute atomic E-state index is 12.2. The third kappa shape index (κ3) is 3.89. The molecule has 0 bridgehead atoms. The summed E-state index contributed by atoms with van der Waals surface area (Å²) in [4.78, 5) is 24.2. The number of hydrogen-bond acceptors (Lipinski definition) is 4. The molecule has 2 rings (SSSR count). The van der Waals surface area contributed by atoms with Crippen molar-refractivity contribution in [2.75, 3.05) is 7.11 Å². The lowest BCUT2D eigenvalue weighted by atomic mass is 10.1. The van der Waals surface area contributed by atoms with Gasteiger partial charge in [0.05, 0.1) is 18.9 Å². The van der Waals surface area contributed by atoms with Crippen LogP contribution >= 0.6 is 11.6 Å². The van der Waals surface area contributed by atoms with Gasteiger partial charge in [0, 0.05) is 17.5 Å². The maximum atomic E-state index is 12.2. The number of amides is 1. The predicted molar refractivity (Wildman–Crippen MR) is 82.6 cm³/mol. The number of ether oxygens (including phenoxy) is 1. The Morgan fingerprint density at radius 2 is 2.14 bits per heavy atom. The number of furan rings is 1. The molecule has 0 aliphatic rings. The lowest BCUT2D eigenvalue weighted by Gasteiger charge is -2.14. The van der Waals surface area contributed by atoms with E-state index in [1.165, 1.54) is 13.4 Å². The summed E-state index contributed by atoms with van der Waals surface area (Å²) >= 11 is 5.87. The molecule has 0 saturated heterocycles. The fraction of sp³-hybridized carbons (Fsp3) is 0.250. The van der Waals surface area contributed by atoms with E-state index in [-0.39, 0.29) is 29.9 Å². The zero-order valence-electron chi connectivity index (χ0n) is 12.3. The minimum absolute atomic E-state index is 0.148. The normalized spacial score (nSPS) is 11.8. The van der Waals surface area contributed by atoms with Gasteiger partial charge in [0.15, 0.2) is 11.5 Å². The number of benzene rings is 1. The zero-order valence-corrected chi connectivity index (χ0v) is 13.0. The van der Waals surface area contributed by atoms with Gasteiger partial charge in [-0.05, 0) is 37.3 Å². The molecule has 0 fully saturated rings. The average Bonchev–Trinajstić information content (AvgIpc) is 3.00. The lowest BCUT2D eigenvalue weighted by Crippen LogP contribution is -2.34. The van der Waals surface area contributed by atoms with Gasteiger partial charge in [-0.2, -0.15) is 0 Å². The number of methoxy groups -OCH3 is 1. The molecule has 0 radical (unpaired) electrons. The van der Waals surface area contributed by atoms with Crippen molar-refractivity contribution in [3.63, 3.8) is 0 Å². The molecular formula is C16H16ClNO4. The van der Waals surface area contributed by atoms with Crippen molar-refractivity contribution in [3.05, 3.63) is 52.9 Å². The molecule has 6 heteroatoms. The van der Waals surface area contributed by atoms with E-state index >= 15 is 0 Å². The predicted octanol–water partition coefficient (Wildman–Crippen LogP) is 3.33. The van der Waals surface area contributed by atoms with Gasteiger partial charge in [0.1, 0.15) is 5.75 Å². The fourth-order valence-electron chi connectivity index (χ4n) is 2.02. The number of rotatable bonds is 6. The van der Waals surface area contributed by atoms with E-state index in [4.69, 9.17) is 20.8 Å². The molecule has 1 atom stereocenters. The second-order valence-electron chi connectivity index (χ2n) is 4.82. The van der Waals surface area contributed by atoms with E-state index < -0.39 is 0 Å². The van der Waals surface area contributed by atoms with Gasteiger partial charge < -0.3 is 14.5 Å². The molecule has 22 heavy (non-hydrogen) atoms. The van der Waals surface area contributed by atoms with Crippen LogP contribution in [0.4, 0.5) is 0 Å². The number of halogens is 1. The number of ketones is 1. The van der Waals surface area contributed by atoms with Crippen LogP contribution in [0.25, 0.3) is 0 Å². The Morgan fingerprint density at radius 1 is 1.36 bits per heavy atom. The Balaban J connectivity index is 2.01. The van der Waals surface area contributed by atoms with Crippen molar-refractivity contribution in [2.24, 2.45) is 0 Å². The second-order valence-corrected chi connectivity index (χ2v) is 5.26. The molecular weight excluding hydrogens is 306 g/mol. The molecule has 0 aliphatic heterocycles. The van der Waals surface area contributed by atoms with Crippen molar-refractivity contribution in [2.45, 2.75) is 19.4 Å². The summed E-state index contributed by atoms with van der Waals surface area (Å²) in [6, 6.07) is 7.66. The SMILES string of the molecule is COc1cc(Cl)ccc1C(=O)NC(C)CC(=O)c1ccco1. The van der Waals surface area contributed by atoms with Crippen LogP contribution in [0, 0.1) is 0 Å². The van der Waals surface area contributed by atoms with Crippen molar-refractivity contribution in [1.29, 1.82) is 0 Å². The Kier molecular flexibility index (Phi) is 5.22. The lowest BCUT2D eigenvalue weighted by molar-refractivity contribution is 0.0905. The number of nitrogens with one attached hydrogen (secondary N) is 1. The van der Waals surface area contributed by atoms with Gasteiger partial charge in [-0.25, -0.2) is 0 Å². The first-order valence-electron chi connectivity index (χ1n) is 6.72. The third-order valence-corrected chi connectivity index (χ3v) is 3.31. The van der Waals surface area contributed by atoms with Gasteiger partial charge in [-0.15, -0.1) is 0 Å². The Bertz CT molecular complexity index is 667. The summed E-state index contributed by atoms with van der Waals surface area (Å²) in [5.41, 5.74) is 0.365. The van der Waals surface area contributed by atoms with Crippen LogP contribution in [0.2, 0.25) is 5.02 Å². The van der Waals surface area contributed by atoms with E-state index in [1.807, 2.05) is 0 Å². The van der Waals surface area contributed by atoms with Gasteiger partial charge in [-0.3, -0.25) is 9.59 Å². The molecule has 116 valence electrons. The van der Waals surface area contributed by atoms with Gasteiger partial charge in [0.2, 0.25) is 0 Å². The third-order valence-electron chi connectivity index (χ3n) is 3.07. The van der Waals surface area contributed by atoms with E-state index in [1.54, 1.807) is 37.3 Å². The first-order valence-corrected chi connectivity index (χ1v) is 7.10. The first kappa shape index (κ1) is 16.1. The highest BCUT2D eigenvalue weighted by molar-refractivity contribution is 6.30. The van der Waals surface area contributed by atoms with Gasteiger partial charge in [-0.1, -0.05) is 11.6 Å². The molecule has 0 saturated carbocycles. The molecule has 2 aromatic rings. The van der Waals surface area contributed by atoms with Gasteiger partial charge in [0.25, 0.3) is 5.91 Å². The molecule has 1 aromatic carbocycles. The monoisotopic (exact) mass is 321 g/mol. The summed E-state index contributed by atoms with van der Waals surface area (Å²) in [6.45, 7) is 1.75. The second kappa shape index (κ2) is 7.13. The summed E-state index contributed by atoms with van der Waals surface area (Å²) in [5, 5.41) is 3.24. The van der Waals surface area contributed by atoms with E-state index in [2.05, 4.69) is 5.32 Å². The molecule has 0 aliphatic carbocycles. The highest BCUT2D eigenvalue weighted by Gasteiger charge is 2.18. The van der Waals surface area contributed by atoms with Crippen LogP contribution in [0.15, 0.2) is 41.0 Å². The molecule has 1 amide bonds. The van der Waals surface area contributed by atoms with Crippen LogP contribution in [-0.2, 0) is 0 Å². The van der Waals surface area contributed by atoms with Crippen molar-refractivity contribution < 1.29 is 18.7 Å². The molecule has 1 unspecified atom stereocenters. The average molecular weight is 322 g/mol. The number of Topliss-reactive ketones (excluding diaryl/α,β-unsaturated/α-hetero) is 1. The summed E-state index contributed by atoms with van der Waals surface area (Å²) in [7, 11) is 1.46. The van der Waals surface area contributed by atoms with Crippen LogP contribution in [-0.4, -0.2) is 24.8 Å². The fourth-order valence-corrected chi connectivity index (χ4v) is 2.18. The van der Waals surface area contributed by atoms with Gasteiger partial charge >= 0.3 is 0 Å². The zero-order chi connectivity index (χ0) is 16.1. The highest BCUT2D eigenvalue weighted by atomic mass is 35.5. The molecule has 0 spiro atoms. The minimum atomic E-state index is -0.342. The van der Waals surface area contributed by atoms with E-state index in [9.17, 15) is 9.59 Å². The maximum Gasteiger partial charge on any atom is 0.255 e. The Hall–Kier alpha value is -2.27. The molecule has 1 N–H and O–H groups in total. The summed E-state index contributed by atoms with van der Waals surface area (Å²) in [5.74, 6) is 0.175. The van der Waals surface area contributed by atoms with E-state index in [0.29, 0.717) is 16.3 Å². The summed E-state index contributed by atoms with van der Waals surface area (Å²) in [6.07, 6.45) is 1.59. The van der Waals surface area contributed by atoms with Crippen LogP contribution in [0.3, 0.4) is 0 Å². The Morgan fingerprint density at radius 3 is 2.77 bits per heavy atom. The molecule has 5 nitrogen and oxygen atoms in total. The highest BCUT2D eigenvalue weighted by Crippen LogP contribution is 2.23. The number of carbonyl (C=O) groups excluding carboxylic acids is 2. The smallest absolute Gasteiger partial charge is 0.255 e. The van der Waals surface area contributed by atoms with Crippen LogP contribution < -0.4 is 10.1 Å². The van der Waals surface area contributed by atoms with Crippen molar-refractivity contribution in [3.8, 4) is 5.75 Å². The minimum Gasteiger partial charge on any atom is -0.496 e.